The van der Waals surface area contributed by atoms with E-state index in [9.17, 15) is 10.0 Å². The number of piperidine rings is 1. The van der Waals surface area contributed by atoms with Crippen LogP contribution < -0.4 is 5.32 Å². The van der Waals surface area contributed by atoms with Gasteiger partial charge >= 0.3 is 0 Å². The van der Waals surface area contributed by atoms with E-state index < -0.39 is 0 Å². The SMILES string of the molecule is CC(NC(=O)c1c(C[N+]2([O-])CCCCC2)c(-c2ccccc2)nc2ccccc12)c1ccccc1. The first-order valence-corrected chi connectivity index (χ1v) is 12.4. The standard InChI is InChI=1S/C30H31N3O2/c1-22(23-13-5-2-6-14-23)31-30(34)28-25-17-9-10-18-27(25)32-29(24-15-7-3-8-16-24)26(28)21-33(35)19-11-4-12-20-33/h2-3,5-10,13-18,22H,4,11-12,19-21H2,1H3,(H,31,34). The number of carbonyl (C=O) groups excluding carboxylic acids is 1. The molecule has 1 fully saturated rings. The Morgan fingerprint density at radius 3 is 2.26 bits per heavy atom. The average molecular weight is 466 g/mol. The van der Waals surface area contributed by atoms with Crippen LogP contribution in [0.2, 0.25) is 0 Å². The first-order chi connectivity index (χ1) is 17.0. The number of fused-ring (bicyclic) bond motifs is 1. The molecule has 1 aromatic heterocycles. The number of likely N-dealkylation sites (tertiary alicyclic amines) is 1. The Morgan fingerprint density at radius 1 is 0.914 bits per heavy atom. The Bertz CT molecular complexity index is 1320. The minimum absolute atomic E-state index is 0.171. The van der Waals surface area contributed by atoms with Gasteiger partial charge in [0.2, 0.25) is 0 Å². The van der Waals surface area contributed by atoms with Crippen LogP contribution >= 0.6 is 0 Å². The van der Waals surface area contributed by atoms with Gasteiger partial charge in [0.05, 0.1) is 35.9 Å². The normalized spacial score (nSPS) is 16.1. The third-order valence-electron chi connectivity index (χ3n) is 6.99. The quantitative estimate of drug-likeness (QED) is 0.265. The number of carbonyl (C=O) groups is 1. The summed E-state index contributed by atoms with van der Waals surface area (Å²) >= 11 is 0. The van der Waals surface area contributed by atoms with E-state index in [1.165, 1.54) is 0 Å². The highest BCUT2D eigenvalue weighted by Gasteiger charge is 2.29. The van der Waals surface area contributed by atoms with Crippen molar-refractivity contribution in [2.75, 3.05) is 13.1 Å². The van der Waals surface area contributed by atoms with Crippen LogP contribution in [0, 0.1) is 5.21 Å². The van der Waals surface area contributed by atoms with E-state index in [-0.39, 0.29) is 23.1 Å². The molecule has 0 aliphatic carbocycles. The number of benzene rings is 3. The van der Waals surface area contributed by atoms with Crippen LogP contribution in [-0.2, 0) is 6.54 Å². The second-order valence-corrected chi connectivity index (χ2v) is 9.53. The number of aromatic nitrogens is 1. The summed E-state index contributed by atoms with van der Waals surface area (Å²) in [5.74, 6) is -0.171. The van der Waals surface area contributed by atoms with E-state index in [2.05, 4.69) is 5.32 Å². The van der Waals surface area contributed by atoms with Gasteiger partial charge in [0.25, 0.3) is 5.91 Å². The van der Waals surface area contributed by atoms with Gasteiger partial charge in [-0.15, -0.1) is 0 Å². The third-order valence-corrected chi connectivity index (χ3v) is 6.99. The number of nitrogens with one attached hydrogen (secondary N) is 1. The van der Waals surface area contributed by atoms with Crippen molar-refractivity contribution in [2.45, 2.75) is 38.8 Å². The molecule has 1 amide bonds. The molecule has 5 rings (SSSR count). The molecule has 1 saturated heterocycles. The number of quaternary nitrogens is 1. The summed E-state index contributed by atoms with van der Waals surface area (Å²) in [5.41, 5.74) is 4.74. The molecule has 0 saturated carbocycles. The summed E-state index contributed by atoms with van der Waals surface area (Å²) in [6.07, 6.45) is 2.92. The molecule has 1 aliphatic heterocycles. The van der Waals surface area contributed by atoms with Gasteiger partial charge in [0.1, 0.15) is 6.54 Å². The minimum atomic E-state index is -0.311. The van der Waals surface area contributed by atoms with Crippen molar-refractivity contribution >= 4 is 16.8 Å². The van der Waals surface area contributed by atoms with Gasteiger partial charge in [-0.1, -0.05) is 78.9 Å². The molecule has 35 heavy (non-hydrogen) atoms. The van der Waals surface area contributed by atoms with Crippen molar-refractivity contribution in [3.8, 4) is 11.3 Å². The van der Waals surface area contributed by atoms with Gasteiger partial charge in [0, 0.05) is 16.5 Å². The smallest absolute Gasteiger partial charge is 0.253 e. The zero-order chi connectivity index (χ0) is 24.3. The van der Waals surface area contributed by atoms with Gasteiger partial charge in [-0.3, -0.25) is 4.79 Å². The number of amides is 1. The van der Waals surface area contributed by atoms with Crippen molar-refractivity contribution in [3.05, 3.63) is 107 Å². The van der Waals surface area contributed by atoms with Gasteiger partial charge < -0.3 is 15.2 Å². The maximum Gasteiger partial charge on any atom is 0.253 e. The lowest BCUT2D eigenvalue weighted by molar-refractivity contribution is -0.898. The number of pyridine rings is 1. The number of rotatable bonds is 6. The fourth-order valence-electron chi connectivity index (χ4n) is 5.13. The lowest BCUT2D eigenvalue weighted by atomic mass is 9.94. The Hall–Kier alpha value is -3.54. The first-order valence-electron chi connectivity index (χ1n) is 12.4. The monoisotopic (exact) mass is 465 g/mol. The number of nitrogens with zero attached hydrogens (tertiary/aromatic N) is 2. The van der Waals surface area contributed by atoms with Crippen LogP contribution in [-0.4, -0.2) is 28.6 Å². The first kappa shape index (κ1) is 23.2. The maximum atomic E-state index is 13.9. The number of hydrogen-bond donors (Lipinski definition) is 1. The van der Waals surface area contributed by atoms with Crippen LogP contribution in [0.4, 0.5) is 0 Å². The molecule has 1 unspecified atom stereocenters. The molecule has 5 nitrogen and oxygen atoms in total. The van der Waals surface area contributed by atoms with Gasteiger partial charge in [-0.05, 0) is 37.8 Å². The zero-order valence-corrected chi connectivity index (χ0v) is 20.1. The molecule has 2 heterocycles. The summed E-state index contributed by atoms with van der Waals surface area (Å²) in [4.78, 5) is 18.9. The Kier molecular flexibility index (Phi) is 6.62. The Labute approximate surface area is 206 Å². The molecular formula is C30H31N3O2. The molecule has 1 atom stereocenters. The minimum Gasteiger partial charge on any atom is -0.633 e. The summed E-state index contributed by atoms with van der Waals surface area (Å²) in [6.45, 7) is 3.37. The van der Waals surface area contributed by atoms with E-state index >= 15 is 0 Å². The van der Waals surface area contributed by atoms with Crippen LogP contribution in [0.5, 0.6) is 0 Å². The van der Waals surface area contributed by atoms with Crippen molar-refractivity contribution in [3.63, 3.8) is 0 Å². The van der Waals surface area contributed by atoms with Crippen molar-refractivity contribution < 1.29 is 9.44 Å². The summed E-state index contributed by atoms with van der Waals surface area (Å²) in [6, 6.07) is 27.4. The highest BCUT2D eigenvalue weighted by molar-refractivity contribution is 6.09. The second kappa shape index (κ2) is 9.98. The van der Waals surface area contributed by atoms with Crippen LogP contribution in [0.3, 0.4) is 0 Å². The van der Waals surface area contributed by atoms with Gasteiger partial charge in [0.15, 0.2) is 0 Å². The summed E-state index contributed by atoms with van der Waals surface area (Å²) < 4.78 is -0.311. The zero-order valence-electron chi connectivity index (χ0n) is 20.1. The second-order valence-electron chi connectivity index (χ2n) is 9.53. The van der Waals surface area contributed by atoms with Crippen LogP contribution in [0.25, 0.3) is 22.2 Å². The van der Waals surface area contributed by atoms with E-state index in [0.717, 1.165) is 52.5 Å². The lowest BCUT2D eigenvalue weighted by Crippen LogP contribution is -2.46. The largest absolute Gasteiger partial charge is 0.633 e. The number of para-hydroxylation sites is 1. The lowest BCUT2D eigenvalue weighted by Gasteiger charge is -2.46. The summed E-state index contributed by atoms with van der Waals surface area (Å²) in [7, 11) is 0. The molecule has 4 aromatic rings. The average Bonchev–Trinajstić information content (AvgIpc) is 2.89. The van der Waals surface area contributed by atoms with E-state index in [4.69, 9.17) is 4.98 Å². The predicted molar refractivity (Wildman–Crippen MR) is 140 cm³/mol. The molecule has 1 N–H and O–H groups in total. The van der Waals surface area contributed by atoms with Crippen molar-refractivity contribution in [1.82, 2.24) is 10.3 Å². The Morgan fingerprint density at radius 2 is 1.54 bits per heavy atom. The van der Waals surface area contributed by atoms with Gasteiger partial charge in [-0.25, -0.2) is 4.98 Å². The molecule has 0 spiro atoms. The van der Waals surface area contributed by atoms with Crippen molar-refractivity contribution in [1.29, 1.82) is 0 Å². The number of hydroxylamine groups is 3. The van der Waals surface area contributed by atoms with Crippen LogP contribution in [0.1, 0.15) is 53.7 Å². The van der Waals surface area contributed by atoms with E-state index in [1.54, 1.807) is 0 Å². The fourth-order valence-corrected chi connectivity index (χ4v) is 5.13. The molecular weight excluding hydrogens is 434 g/mol. The molecule has 0 bridgehead atoms. The molecule has 1 aliphatic rings. The number of hydrogen-bond acceptors (Lipinski definition) is 3. The van der Waals surface area contributed by atoms with Gasteiger partial charge in [-0.2, -0.15) is 0 Å². The molecule has 178 valence electrons. The molecule has 0 radical (unpaired) electrons. The highest BCUT2D eigenvalue weighted by atomic mass is 16.5. The van der Waals surface area contributed by atoms with Crippen LogP contribution in [0.15, 0.2) is 84.9 Å². The molecule has 5 heteroatoms. The Balaban J connectivity index is 1.67. The third kappa shape index (κ3) is 4.97. The van der Waals surface area contributed by atoms with Crippen molar-refractivity contribution in [2.24, 2.45) is 0 Å². The maximum absolute atomic E-state index is 13.9. The van der Waals surface area contributed by atoms with E-state index in [0.29, 0.717) is 18.7 Å². The summed E-state index contributed by atoms with van der Waals surface area (Å²) in [5, 5.41) is 17.8. The van der Waals surface area contributed by atoms with E-state index in [1.807, 2.05) is 91.9 Å². The topological polar surface area (TPSA) is 65.0 Å². The predicted octanol–water partition coefficient (Wildman–Crippen LogP) is 6.39. The highest BCUT2D eigenvalue weighted by Crippen LogP contribution is 2.34. The molecule has 3 aromatic carbocycles. The fraction of sp³-hybridized carbons (Fsp3) is 0.267.